The Kier molecular flexibility index (Phi) is 5.15. The maximum absolute atomic E-state index is 12.4. The molecule has 27 heavy (non-hydrogen) atoms. The summed E-state index contributed by atoms with van der Waals surface area (Å²) in [6.45, 7) is 1.65. The number of urea groups is 1. The fourth-order valence-electron chi connectivity index (χ4n) is 3.96. The molecule has 1 aliphatic carbocycles. The van der Waals surface area contributed by atoms with Gasteiger partial charge in [0.25, 0.3) is 0 Å². The molecule has 8 nitrogen and oxygen atoms in total. The number of carbonyl (C=O) groups is 2. The van der Waals surface area contributed by atoms with Crippen molar-refractivity contribution >= 4 is 11.9 Å². The van der Waals surface area contributed by atoms with Gasteiger partial charge in [0.2, 0.25) is 11.8 Å². The van der Waals surface area contributed by atoms with E-state index in [1.165, 1.54) is 12.8 Å². The molecule has 2 saturated heterocycles. The summed E-state index contributed by atoms with van der Waals surface area (Å²) in [6, 6.07) is 3.67. The van der Waals surface area contributed by atoms with Gasteiger partial charge in [-0.05, 0) is 37.3 Å². The van der Waals surface area contributed by atoms with E-state index in [1.807, 2.05) is 12.1 Å². The molecule has 146 valence electrons. The average Bonchev–Trinajstić information content (AvgIpc) is 3.31. The van der Waals surface area contributed by atoms with E-state index in [4.69, 9.17) is 9.47 Å². The van der Waals surface area contributed by atoms with Crippen molar-refractivity contribution in [2.75, 3.05) is 19.7 Å². The van der Waals surface area contributed by atoms with Gasteiger partial charge in [-0.15, -0.1) is 0 Å². The van der Waals surface area contributed by atoms with E-state index in [-0.39, 0.29) is 24.6 Å². The number of nitrogens with one attached hydrogen (secondary N) is 2. The summed E-state index contributed by atoms with van der Waals surface area (Å²) in [6.07, 6.45) is 7.81. The van der Waals surface area contributed by atoms with Crippen LogP contribution < -0.4 is 15.4 Å². The summed E-state index contributed by atoms with van der Waals surface area (Å²) < 4.78 is 11.5. The zero-order valence-corrected chi connectivity index (χ0v) is 15.4. The Balaban J connectivity index is 1.25. The highest BCUT2D eigenvalue weighted by Gasteiger charge is 2.42. The van der Waals surface area contributed by atoms with Gasteiger partial charge in [0.15, 0.2) is 0 Å². The predicted octanol–water partition coefficient (Wildman–Crippen LogP) is 1.55. The van der Waals surface area contributed by atoms with Crippen LogP contribution in [0, 0.1) is 0 Å². The van der Waals surface area contributed by atoms with E-state index < -0.39 is 5.72 Å². The van der Waals surface area contributed by atoms with E-state index in [2.05, 4.69) is 15.6 Å². The summed E-state index contributed by atoms with van der Waals surface area (Å²) in [7, 11) is 0. The van der Waals surface area contributed by atoms with Crippen LogP contribution >= 0.6 is 0 Å². The van der Waals surface area contributed by atoms with Crippen LogP contribution in [0.2, 0.25) is 0 Å². The number of nitrogens with zero attached hydrogens (tertiary/aromatic N) is 2. The molecule has 1 aromatic rings. The number of hydrogen-bond donors (Lipinski definition) is 2. The lowest BCUT2D eigenvalue weighted by Gasteiger charge is -2.38. The first-order chi connectivity index (χ1) is 13.1. The third kappa shape index (κ3) is 4.32. The second-order valence-electron chi connectivity index (χ2n) is 7.50. The fraction of sp³-hybridized carbons (Fsp3) is 0.632. The number of carbonyl (C=O) groups excluding carboxylic acids is 2. The summed E-state index contributed by atoms with van der Waals surface area (Å²) in [5, 5.41) is 5.83. The van der Waals surface area contributed by atoms with Crippen LogP contribution in [0.15, 0.2) is 18.3 Å². The van der Waals surface area contributed by atoms with E-state index in [1.54, 1.807) is 11.1 Å². The molecule has 1 saturated carbocycles. The minimum atomic E-state index is -0.578. The molecule has 4 rings (SSSR count). The zero-order valence-electron chi connectivity index (χ0n) is 15.4. The van der Waals surface area contributed by atoms with Crippen LogP contribution in [0.4, 0.5) is 4.79 Å². The first-order valence-electron chi connectivity index (χ1n) is 9.71. The normalized spacial score (nSPS) is 22.1. The molecule has 1 aromatic heterocycles. The summed E-state index contributed by atoms with van der Waals surface area (Å²) in [5.41, 5.74) is 0.386. The van der Waals surface area contributed by atoms with Gasteiger partial charge in [0.05, 0.1) is 0 Å². The van der Waals surface area contributed by atoms with Crippen molar-refractivity contribution < 1.29 is 19.1 Å². The monoisotopic (exact) mass is 374 g/mol. The Morgan fingerprint density at radius 1 is 1.37 bits per heavy atom. The highest BCUT2D eigenvalue weighted by atomic mass is 16.5. The highest BCUT2D eigenvalue weighted by Crippen LogP contribution is 2.27. The van der Waals surface area contributed by atoms with E-state index in [0.717, 1.165) is 18.4 Å². The van der Waals surface area contributed by atoms with E-state index in [9.17, 15) is 9.59 Å². The lowest BCUT2D eigenvalue weighted by Crippen LogP contribution is -2.54. The van der Waals surface area contributed by atoms with E-state index >= 15 is 0 Å². The van der Waals surface area contributed by atoms with Gasteiger partial charge in [-0.2, -0.15) is 0 Å². The average molecular weight is 374 g/mol. The summed E-state index contributed by atoms with van der Waals surface area (Å²) in [4.78, 5) is 29.9. The number of amides is 3. The lowest BCUT2D eigenvalue weighted by atomic mass is 10.0. The van der Waals surface area contributed by atoms with Crippen LogP contribution in [-0.2, 0) is 16.1 Å². The molecule has 2 N–H and O–H groups in total. The van der Waals surface area contributed by atoms with Crippen LogP contribution in [0.5, 0.6) is 5.88 Å². The molecule has 3 heterocycles. The Labute approximate surface area is 158 Å². The zero-order chi connectivity index (χ0) is 18.7. The van der Waals surface area contributed by atoms with Crippen molar-refractivity contribution in [3.05, 3.63) is 23.9 Å². The maximum Gasteiger partial charge on any atom is 0.317 e. The van der Waals surface area contributed by atoms with Gasteiger partial charge < -0.3 is 25.0 Å². The molecule has 3 amide bonds. The van der Waals surface area contributed by atoms with Crippen molar-refractivity contribution in [1.82, 2.24) is 20.5 Å². The van der Waals surface area contributed by atoms with Gasteiger partial charge in [0, 0.05) is 44.7 Å². The molecular weight excluding hydrogens is 348 g/mol. The molecule has 3 fully saturated rings. The van der Waals surface area contributed by atoms with Crippen LogP contribution in [0.1, 0.15) is 44.1 Å². The number of ether oxygens (including phenoxy) is 2. The molecule has 0 radical (unpaired) electrons. The molecule has 0 aromatic carbocycles. The standard InChI is InChI=1S/C19H26N4O4/c24-16-13-26-19(22-16)6-9-23(10-7-19)18(25)21-12-14-5-8-20-17(11-14)27-15-3-1-2-4-15/h5,8,11,15H,1-4,6-7,9-10,12-13H2,(H,21,25)(H,22,24). The number of pyridine rings is 1. The molecule has 2 aliphatic heterocycles. The van der Waals surface area contributed by atoms with Gasteiger partial charge in [-0.25, -0.2) is 9.78 Å². The summed E-state index contributed by atoms with van der Waals surface area (Å²) >= 11 is 0. The minimum Gasteiger partial charge on any atom is -0.474 e. The number of piperidine rings is 1. The fourth-order valence-corrected chi connectivity index (χ4v) is 3.96. The second-order valence-corrected chi connectivity index (χ2v) is 7.50. The molecule has 0 atom stereocenters. The SMILES string of the molecule is O=C1COC2(CCN(C(=O)NCc3ccnc(OC4CCCC4)c3)CC2)N1. The predicted molar refractivity (Wildman–Crippen MR) is 97.0 cm³/mol. The third-order valence-corrected chi connectivity index (χ3v) is 5.54. The van der Waals surface area contributed by atoms with Crippen LogP contribution in [0.25, 0.3) is 0 Å². The number of aromatic nitrogens is 1. The van der Waals surface area contributed by atoms with Crippen molar-refractivity contribution in [3.63, 3.8) is 0 Å². The maximum atomic E-state index is 12.4. The smallest absolute Gasteiger partial charge is 0.317 e. The Morgan fingerprint density at radius 3 is 2.85 bits per heavy atom. The first-order valence-corrected chi connectivity index (χ1v) is 9.71. The van der Waals surface area contributed by atoms with Crippen molar-refractivity contribution in [1.29, 1.82) is 0 Å². The second kappa shape index (κ2) is 7.72. The number of hydrogen-bond acceptors (Lipinski definition) is 5. The highest BCUT2D eigenvalue weighted by molar-refractivity contribution is 5.80. The Hall–Kier alpha value is -2.35. The minimum absolute atomic E-state index is 0.0822. The van der Waals surface area contributed by atoms with Gasteiger partial charge in [0.1, 0.15) is 18.4 Å². The van der Waals surface area contributed by atoms with E-state index in [0.29, 0.717) is 38.4 Å². The molecule has 8 heteroatoms. The molecule has 1 spiro atoms. The van der Waals surface area contributed by atoms with Gasteiger partial charge in [-0.3, -0.25) is 4.79 Å². The topological polar surface area (TPSA) is 92.8 Å². The lowest BCUT2D eigenvalue weighted by molar-refractivity contribution is -0.119. The van der Waals surface area contributed by atoms with Gasteiger partial charge in [-0.1, -0.05) is 0 Å². The van der Waals surface area contributed by atoms with Gasteiger partial charge >= 0.3 is 6.03 Å². The molecular formula is C19H26N4O4. The van der Waals surface area contributed by atoms with Crippen LogP contribution in [0.3, 0.4) is 0 Å². The van der Waals surface area contributed by atoms with Crippen LogP contribution in [-0.4, -0.2) is 53.3 Å². The Morgan fingerprint density at radius 2 is 2.15 bits per heavy atom. The molecule has 0 unspecified atom stereocenters. The largest absolute Gasteiger partial charge is 0.474 e. The van der Waals surface area contributed by atoms with Crippen molar-refractivity contribution in [2.24, 2.45) is 0 Å². The molecule has 0 bridgehead atoms. The number of rotatable bonds is 4. The third-order valence-electron chi connectivity index (χ3n) is 5.54. The van der Waals surface area contributed by atoms with Crippen molar-refractivity contribution in [3.8, 4) is 5.88 Å². The number of likely N-dealkylation sites (tertiary alicyclic amines) is 1. The Bertz CT molecular complexity index is 697. The van der Waals surface area contributed by atoms with Crippen molar-refractivity contribution in [2.45, 2.75) is 56.9 Å². The quantitative estimate of drug-likeness (QED) is 0.834. The first kappa shape index (κ1) is 18.0. The summed E-state index contributed by atoms with van der Waals surface area (Å²) in [5.74, 6) is 0.545. The molecule has 3 aliphatic rings.